The average molecular weight is 680 g/mol. The van der Waals surface area contributed by atoms with Crippen molar-refractivity contribution in [1.29, 1.82) is 0 Å². The molecule has 0 radical (unpaired) electrons. The van der Waals surface area contributed by atoms with Crippen LogP contribution in [0.15, 0.2) is 0 Å². The molecule has 0 spiro atoms. The molecule has 15 heteroatoms. The van der Waals surface area contributed by atoms with Crippen LogP contribution >= 0.6 is 0 Å². The minimum atomic E-state index is -1.01. The summed E-state index contributed by atoms with van der Waals surface area (Å²) in [5, 5.41) is 23.9. The molecule has 0 aromatic heterocycles. The van der Waals surface area contributed by atoms with E-state index in [1.54, 1.807) is 18.7 Å². The third kappa shape index (κ3) is 12.8. The Balaban J connectivity index is 1.95. The van der Waals surface area contributed by atoms with Gasteiger partial charge in [0.25, 0.3) is 0 Å². The maximum absolute atomic E-state index is 13.3. The molecule has 4 atom stereocenters. The normalized spacial score (nSPS) is 19.1. The number of nitrogens with zero attached hydrogens (tertiary/aromatic N) is 2. The van der Waals surface area contributed by atoms with Crippen molar-refractivity contribution in [2.45, 2.75) is 135 Å². The van der Waals surface area contributed by atoms with Crippen molar-refractivity contribution in [3.63, 3.8) is 0 Å². The SMILES string of the molecule is CC(=O)N1CCCC1C(=O)NCCCCC(NC(=O)C1CCCN1C(C)=O)C(=O)NCCNC(C)(C)C(=O)C(CCC(=O)O)NC(C)C. The first-order valence-electron chi connectivity index (χ1n) is 17.2. The van der Waals surface area contributed by atoms with Crippen molar-refractivity contribution in [1.82, 2.24) is 36.4 Å². The number of nitrogens with one attached hydrogen (secondary N) is 5. The monoisotopic (exact) mass is 679 g/mol. The van der Waals surface area contributed by atoms with Crippen molar-refractivity contribution >= 4 is 41.3 Å². The molecule has 0 saturated carbocycles. The van der Waals surface area contributed by atoms with Crippen LogP contribution in [0, 0.1) is 0 Å². The summed E-state index contributed by atoms with van der Waals surface area (Å²) < 4.78 is 0. The molecule has 2 saturated heterocycles. The standard InChI is InChI=1S/C33H57N7O8/c1-21(2)37-24(14-15-28(43)44)29(45)33(5,6)36-18-17-35-30(46)25(38-32(48)27-13-10-20-40(27)23(4)42)11-7-8-16-34-31(47)26-12-9-19-39(26)22(3)41/h21,24-27,36-37H,7-20H2,1-6H3,(H,34,47)(H,35,46)(H,38,48)(H,43,44). The minimum absolute atomic E-state index is 0.0256. The lowest BCUT2D eigenvalue weighted by Gasteiger charge is -2.31. The molecule has 2 aliphatic heterocycles. The van der Waals surface area contributed by atoms with E-state index in [9.17, 15) is 33.6 Å². The molecule has 0 aromatic carbocycles. The first-order chi connectivity index (χ1) is 22.5. The summed E-state index contributed by atoms with van der Waals surface area (Å²) in [6.07, 6.45) is 3.97. The molecular formula is C33H57N7O8. The first-order valence-corrected chi connectivity index (χ1v) is 17.2. The number of aliphatic carboxylic acids is 1. The smallest absolute Gasteiger partial charge is 0.303 e. The minimum Gasteiger partial charge on any atom is -0.481 e. The van der Waals surface area contributed by atoms with Gasteiger partial charge in [0.1, 0.15) is 18.1 Å². The molecule has 4 unspecified atom stereocenters. The van der Waals surface area contributed by atoms with Crippen LogP contribution in [0.2, 0.25) is 0 Å². The zero-order chi connectivity index (χ0) is 36.0. The van der Waals surface area contributed by atoms with Gasteiger partial charge in [-0.1, -0.05) is 13.8 Å². The molecule has 272 valence electrons. The highest BCUT2D eigenvalue weighted by molar-refractivity contribution is 5.93. The molecule has 48 heavy (non-hydrogen) atoms. The lowest BCUT2D eigenvalue weighted by molar-refractivity contribution is -0.138. The summed E-state index contributed by atoms with van der Waals surface area (Å²) in [6, 6.07) is -2.67. The Bertz CT molecular complexity index is 1160. The van der Waals surface area contributed by atoms with Crippen molar-refractivity contribution in [3.8, 4) is 0 Å². The Morgan fingerprint density at radius 2 is 1.35 bits per heavy atom. The number of rotatable bonds is 20. The van der Waals surface area contributed by atoms with Gasteiger partial charge in [-0.15, -0.1) is 0 Å². The van der Waals surface area contributed by atoms with Gasteiger partial charge >= 0.3 is 5.97 Å². The van der Waals surface area contributed by atoms with E-state index < -0.39 is 47.5 Å². The Hall–Kier alpha value is -3.59. The number of ketones is 1. The van der Waals surface area contributed by atoms with Gasteiger partial charge in [0.05, 0.1) is 11.6 Å². The highest BCUT2D eigenvalue weighted by atomic mass is 16.4. The van der Waals surface area contributed by atoms with Gasteiger partial charge in [0.2, 0.25) is 29.5 Å². The van der Waals surface area contributed by atoms with Gasteiger partial charge in [-0.25, -0.2) is 0 Å². The number of likely N-dealkylation sites (tertiary alicyclic amines) is 2. The van der Waals surface area contributed by atoms with Crippen LogP contribution in [0.25, 0.3) is 0 Å². The Labute approximate surface area is 284 Å². The van der Waals surface area contributed by atoms with E-state index in [-0.39, 0.29) is 55.5 Å². The molecule has 0 bridgehead atoms. The molecule has 2 aliphatic rings. The number of carbonyl (C=O) groups is 7. The quantitative estimate of drug-likeness (QED) is 0.0955. The predicted octanol–water partition coefficient (Wildman–Crippen LogP) is 0.0644. The number of carboxylic acid groups (broad SMARTS) is 1. The van der Waals surface area contributed by atoms with Gasteiger partial charge in [0, 0.05) is 59.0 Å². The molecule has 2 rings (SSSR count). The summed E-state index contributed by atoms with van der Waals surface area (Å²) in [7, 11) is 0. The molecule has 15 nitrogen and oxygen atoms in total. The number of Topliss-reactive ketones (excluding diaryl/α,β-unsaturated/α-hetero) is 1. The second-order valence-corrected chi connectivity index (χ2v) is 13.6. The highest BCUT2D eigenvalue weighted by Crippen LogP contribution is 2.19. The maximum Gasteiger partial charge on any atom is 0.303 e. The van der Waals surface area contributed by atoms with Crippen LogP contribution in [0.3, 0.4) is 0 Å². The molecule has 2 fully saturated rings. The third-order valence-corrected chi connectivity index (χ3v) is 8.88. The zero-order valence-corrected chi connectivity index (χ0v) is 29.5. The summed E-state index contributed by atoms with van der Waals surface area (Å²) in [4.78, 5) is 90.5. The summed E-state index contributed by atoms with van der Waals surface area (Å²) in [6.45, 7) is 11.9. The van der Waals surface area contributed by atoms with E-state index in [1.165, 1.54) is 18.7 Å². The fourth-order valence-electron chi connectivity index (χ4n) is 6.34. The topological polar surface area (TPSA) is 206 Å². The fourth-order valence-corrected chi connectivity index (χ4v) is 6.34. The van der Waals surface area contributed by atoms with Crippen LogP contribution in [-0.2, 0) is 33.6 Å². The summed E-state index contributed by atoms with van der Waals surface area (Å²) in [5.74, 6) is -2.49. The molecule has 0 aromatic rings. The highest BCUT2D eigenvalue weighted by Gasteiger charge is 2.36. The zero-order valence-electron chi connectivity index (χ0n) is 29.5. The van der Waals surface area contributed by atoms with E-state index in [0.29, 0.717) is 58.2 Å². The van der Waals surface area contributed by atoms with Gasteiger partial charge in [0.15, 0.2) is 5.78 Å². The number of hydrogen-bond acceptors (Lipinski definition) is 9. The van der Waals surface area contributed by atoms with E-state index in [2.05, 4.69) is 26.6 Å². The van der Waals surface area contributed by atoms with Gasteiger partial charge in [-0.2, -0.15) is 0 Å². The van der Waals surface area contributed by atoms with Crippen LogP contribution in [-0.4, -0.2) is 125 Å². The Morgan fingerprint density at radius 1 is 0.771 bits per heavy atom. The largest absolute Gasteiger partial charge is 0.481 e. The van der Waals surface area contributed by atoms with Crippen molar-refractivity contribution in [3.05, 3.63) is 0 Å². The fraction of sp³-hybridized carbons (Fsp3) is 0.788. The second kappa shape index (κ2) is 19.4. The van der Waals surface area contributed by atoms with Gasteiger partial charge in [-0.05, 0) is 65.2 Å². The molecule has 6 N–H and O–H groups in total. The maximum atomic E-state index is 13.3. The molecule has 2 heterocycles. The van der Waals surface area contributed by atoms with Crippen molar-refractivity contribution in [2.24, 2.45) is 0 Å². The van der Waals surface area contributed by atoms with E-state index >= 15 is 0 Å². The van der Waals surface area contributed by atoms with Gasteiger partial charge < -0.3 is 41.5 Å². The van der Waals surface area contributed by atoms with Crippen molar-refractivity contribution < 1.29 is 38.7 Å². The van der Waals surface area contributed by atoms with E-state index in [4.69, 9.17) is 5.11 Å². The van der Waals surface area contributed by atoms with Crippen LogP contribution in [0.1, 0.15) is 99.3 Å². The second-order valence-electron chi connectivity index (χ2n) is 13.6. The molecule has 0 aliphatic carbocycles. The number of carboxylic acids is 1. The Kier molecular flexibility index (Phi) is 16.4. The van der Waals surface area contributed by atoms with Crippen LogP contribution < -0.4 is 26.6 Å². The summed E-state index contributed by atoms with van der Waals surface area (Å²) in [5.41, 5.74) is -1.01. The van der Waals surface area contributed by atoms with E-state index in [0.717, 1.165) is 6.42 Å². The van der Waals surface area contributed by atoms with E-state index in [1.807, 2.05) is 13.8 Å². The molecular weight excluding hydrogens is 622 g/mol. The third-order valence-electron chi connectivity index (χ3n) is 8.88. The predicted molar refractivity (Wildman–Crippen MR) is 179 cm³/mol. The lowest BCUT2D eigenvalue weighted by Crippen LogP contribution is -2.57. The number of unbranched alkanes of at least 4 members (excludes halogenated alkanes) is 1. The molecule has 5 amide bonds. The number of amides is 5. The van der Waals surface area contributed by atoms with Crippen LogP contribution in [0.4, 0.5) is 0 Å². The summed E-state index contributed by atoms with van der Waals surface area (Å²) >= 11 is 0. The number of hydrogen-bond donors (Lipinski definition) is 6. The Morgan fingerprint density at radius 3 is 1.90 bits per heavy atom. The first kappa shape index (κ1) is 40.6. The van der Waals surface area contributed by atoms with Gasteiger partial charge in [-0.3, -0.25) is 33.6 Å². The number of carbonyl (C=O) groups excluding carboxylic acids is 6. The van der Waals surface area contributed by atoms with Crippen LogP contribution in [0.5, 0.6) is 0 Å². The lowest BCUT2D eigenvalue weighted by atomic mass is 9.90. The average Bonchev–Trinajstić information content (AvgIpc) is 3.71. The van der Waals surface area contributed by atoms with Crippen molar-refractivity contribution in [2.75, 3.05) is 32.7 Å².